The minimum atomic E-state index is -0.551. The fraction of sp³-hybridized carbons (Fsp3) is 0.538. The van der Waals surface area contributed by atoms with E-state index in [-0.39, 0.29) is 11.9 Å². The van der Waals surface area contributed by atoms with Crippen LogP contribution < -0.4 is 5.73 Å². The largest absolute Gasteiger partial charge is 0.334 e. The predicted octanol–water partition coefficient (Wildman–Crippen LogP) is 1.24. The van der Waals surface area contributed by atoms with E-state index in [0.29, 0.717) is 0 Å². The summed E-state index contributed by atoms with van der Waals surface area (Å²) in [5.41, 5.74) is 6.58. The Hall–Kier alpha value is -1.42. The van der Waals surface area contributed by atoms with Gasteiger partial charge in [0, 0.05) is 18.9 Å². The maximum absolute atomic E-state index is 12.3. The molecular weight excluding hydrogens is 214 g/mol. The van der Waals surface area contributed by atoms with Crippen molar-refractivity contribution in [2.75, 3.05) is 6.54 Å². The summed E-state index contributed by atoms with van der Waals surface area (Å²) in [4.78, 5) is 18.4. The molecule has 1 aliphatic carbocycles. The molecule has 0 aromatic carbocycles. The van der Waals surface area contributed by atoms with E-state index in [0.717, 1.165) is 37.8 Å². The molecule has 0 radical (unpaired) electrons. The second-order valence-electron chi connectivity index (χ2n) is 5.10. The van der Waals surface area contributed by atoms with E-state index in [4.69, 9.17) is 5.73 Å². The highest BCUT2D eigenvalue weighted by molar-refractivity contribution is 5.89. The predicted molar refractivity (Wildman–Crippen MR) is 64.1 cm³/mol. The van der Waals surface area contributed by atoms with Crippen LogP contribution in [-0.2, 0) is 4.79 Å². The van der Waals surface area contributed by atoms with Gasteiger partial charge >= 0.3 is 0 Å². The van der Waals surface area contributed by atoms with Crippen molar-refractivity contribution in [3.63, 3.8) is 0 Å². The van der Waals surface area contributed by atoms with Gasteiger partial charge in [-0.15, -0.1) is 0 Å². The van der Waals surface area contributed by atoms with Crippen LogP contribution in [0.25, 0.3) is 0 Å². The highest BCUT2D eigenvalue weighted by atomic mass is 16.2. The van der Waals surface area contributed by atoms with Crippen molar-refractivity contribution in [1.29, 1.82) is 0 Å². The molecule has 2 N–H and O–H groups in total. The van der Waals surface area contributed by atoms with Crippen LogP contribution in [0, 0.1) is 0 Å². The van der Waals surface area contributed by atoms with E-state index in [1.165, 1.54) is 0 Å². The topological polar surface area (TPSA) is 59.2 Å². The highest BCUT2D eigenvalue weighted by Gasteiger charge is 2.50. The molecule has 1 aromatic rings. The number of nitrogens with zero attached hydrogens (tertiary/aromatic N) is 2. The summed E-state index contributed by atoms with van der Waals surface area (Å²) in [7, 11) is 0. The van der Waals surface area contributed by atoms with Gasteiger partial charge in [-0.3, -0.25) is 9.78 Å². The molecule has 1 aliphatic heterocycles. The molecule has 2 aliphatic rings. The first-order valence-corrected chi connectivity index (χ1v) is 6.21. The van der Waals surface area contributed by atoms with Crippen molar-refractivity contribution in [3.8, 4) is 0 Å². The first kappa shape index (κ1) is 10.7. The first-order chi connectivity index (χ1) is 8.21. The zero-order chi connectivity index (χ0) is 11.9. The quantitative estimate of drug-likeness (QED) is 0.833. The van der Waals surface area contributed by atoms with Gasteiger partial charge in [0.25, 0.3) is 0 Å². The molecule has 1 unspecified atom stereocenters. The number of hydrogen-bond donors (Lipinski definition) is 1. The first-order valence-electron chi connectivity index (χ1n) is 6.21. The normalized spacial score (nSPS) is 25.9. The SMILES string of the molecule is NC1(C(=O)N2CCCC2c2cccnc2)CC1. The Kier molecular flexibility index (Phi) is 2.40. The average molecular weight is 231 g/mol. The van der Waals surface area contributed by atoms with Gasteiger partial charge in [0.15, 0.2) is 0 Å². The van der Waals surface area contributed by atoms with E-state index >= 15 is 0 Å². The monoisotopic (exact) mass is 231 g/mol. The van der Waals surface area contributed by atoms with Gasteiger partial charge < -0.3 is 10.6 Å². The minimum Gasteiger partial charge on any atom is -0.334 e. The smallest absolute Gasteiger partial charge is 0.243 e. The van der Waals surface area contributed by atoms with Gasteiger partial charge in [0.1, 0.15) is 0 Å². The lowest BCUT2D eigenvalue weighted by molar-refractivity contribution is -0.134. The Morgan fingerprint density at radius 1 is 1.53 bits per heavy atom. The molecule has 2 fully saturated rings. The third-order valence-corrected chi connectivity index (χ3v) is 3.80. The Balaban J connectivity index is 1.83. The summed E-state index contributed by atoms with van der Waals surface area (Å²) in [6.45, 7) is 0.831. The van der Waals surface area contributed by atoms with Gasteiger partial charge in [0.05, 0.1) is 11.6 Å². The number of pyridine rings is 1. The van der Waals surface area contributed by atoms with Gasteiger partial charge in [-0.05, 0) is 37.3 Å². The van der Waals surface area contributed by atoms with Crippen LogP contribution in [0.5, 0.6) is 0 Å². The van der Waals surface area contributed by atoms with E-state index in [1.807, 2.05) is 23.2 Å². The van der Waals surface area contributed by atoms with Crippen molar-refractivity contribution in [2.45, 2.75) is 37.3 Å². The van der Waals surface area contributed by atoms with Crippen LogP contribution in [0.2, 0.25) is 0 Å². The van der Waals surface area contributed by atoms with Crippen LogP contribution in [0.1, 0.15) is 37.3 Å². The maximum atomic E-state index is 12.3. The van der Waals surface area contributed by atoms with Crippen LogP contribution in [-0.4, -0.2) is 27.9 Å². The Morgan fingerprint density at radius 3 is 3.00 bits per heavy atom. The second kappa shape index (κ2) is 3.81. The molecule has 90 valence electrons. The third kappa shape index (κ3) is 1.82. The fourth-order valence-electron chi connectivity index (χ4n) is 2.56. The number of nitrogens with two attached hydrogens (primary N) is 1. The molecule has 17 heavy (non-hydrogen) atoms. The lowest BCUT2D eigenvalue weighted by Gasteiger charge is -2.27. The van der Waals surface area contributed by atoms with Crippen LogP contribution in [0.15, 0.2) is 24.5 Å². The van der Waals surface area contributed by atoms with E-state index in [2.05, 4.69) is 4.98 Å². The number of carbonyl (C=O) groups is 1. The number of likely N-dealkylation sites (tertiary alicyclic amines) is 1. The van der Waals surface area contributed by atoms with Gasteiger partial charge in [-0.2, -0.15) is 0 Å². The standard InChI is InChI=1S/C13H17N3O/c14-13(5-6-13)12(17)16-8-2-4-11(16)10-3-1-7-15-9-10/h1,3,7,9,11H,2,4-6,8,14H2. The molecule has 4 heteroatoms. The summed E-state index contributed by atoms with van der Waals surface area (Å²) < 4.78 is 0. The maximum Gasteiger partial charge on any atom is 0.243 e. The summed E-state index contributed by atoms with van der Waals surface area (Å²) in [6, 6.07) is 4.14. The summed E-state index contributed by atoms with van der Waals surface area (Å²) in [5, 5.41) is 0. The van der Waals surface area contributed by atoms with Crippen LogP contribution in [0.4, 0.5) is 0 Å². The molecule has 1 saturated carbocycles. The number of hydrogen-bond acceptors (Lipinski definition) is 3. The summed E-state index contributed by atoms with van der Waals surface area (Å²) >= 11 is 0. The number of carbonyl (C=O) groups excluding carboxylic acids is 1. The lowest BCUT2D eigenvalue weighted by atomic mass is 10.1. The molecule has 3 rings (SSSR count). The molecule has 0 spiro atoms. The third-order valence-electron chi connectivity index (χ3n) is 3.80. The zero-order valence-electron chi connectivity index (χ0n) is 9.80. The van der Waals surface area contributed by atoms with Crippen molar-refractivity contribution in [2.24, 2.45) is 5.73 Å². The molecular formula is C13H17N3O. The van der Waals surface area contributed by atoms with E-state index in [9.17, 15) is 4.79 Å². The lowest BCUT2D eigenvalue weighted by Crippen LogP contribution is -2.45. The van der Waals surface area contributed by atoms with Crippen molar-refractivity contribution in [3.05, 3.63) is 30.1 Å². The highest BCUT2D eigenvalue weighted by Crippen LogP contribution is 2.39. The number of rotatable bonds is 2. The Morgan fingerprint density at radius 2 is 2.35 bits per heavy atom. The fourth-order valence-corrected chi connectivity index (χ4v) is 2.56. The minimum absolute atomic E-state index is 0.129. The molecule has 0 bridgehead atoms. The van der Waals surface area contributed by atoms with Gasteiger partial charge in [-0.25, -0.2) is 0 Å². The van der Waals surface area contributed by atoms with E-state index < -0.39 is 5.54 Å². The zero-order valence-corrected chi connectivity index (χ0v) is 9.80. The van der Waals surface area contributed by atoms with E-state index in [1.54, 1.807) is 6.20 Å². The van der Waals surface area contributed by atoms with Crippen molar-refractivity contribution in [1.82, 2.24) is 9.88 Å². The summed E-state index contributed by atoms with van der Waals surface area (Å²) in [6.07, 6.45) is 7.36. The molecule has 1 aromatic heterocycles. The molecule has 1 atom stereocenters. The average Bonchev–Trinajstić information content (AvgIpc) is 2.95. The van der Waals surface area contributed by atoms with Crippen molar-refractivity contribution >= 4 is 5.91 Å². The molecule has 1 amide bonds. The number of aromatic nitrogens is 1. The molecule has 1 saturated heterocycles. The van der Waals surface area contributed by atoms with Gasteiger partial charge in [0.2, 0.25) is 5.91 Å². The van der Waals surface area contributed by atoms with Gasteiger partial charge in [-0.1, -0.05) is 6.07 Å². The van der Waals surface area contributed by atoms with Crippen LogP contribution in [0.3, 0.4) is 0 Å². The Labute approximate surface area is 101 Å². The second-order valence-corrected chi connectivity index (χ2v) is 5.10. The molecule has 4 nitrogen and oxygen atoms in total. The Bertz CT molecular complexity index is 428. The molecule has 2 heterocycles. The van der Waals surface area contributed by atoms with Crippen molar-refractivity contribution < 1.29 is 4.79 Å². The number of amides is 1. The van der Waals surface area contributed by atoms with Crippen LogP contribution >= 0.6 is 0 Å². The summed E-state index contributed by atoms with van der Waals surface area (Å²) in [5.74, 6) is 0.129.